The average Bonchev–Trinajstić information content (AvgIpc) is 2.91. The van der Waals surface area contributed by atoms with E-state index in [0.29, 0.717) is 11.1 Å². The van der Waals surface area contributed by atoms with E-state index in [1.807, 2.05) is 24.3 Å². The van der Waals surface area contributed by atoms with Crippen LogP contribution in [0.4, 0.5) is 0 Å². The largest absolute Gasteiger partial charge is 0.507 e. The molecule has 0 bridgehead atoms. The van der Waals surface area contributed by atoms with Gasteiger partial charge < -0.3 is 10.2 Å². The lowest BCUT2D eigenvalue weighted by atomic mass is 9.90. The van der Waals surface area contributed by atoms with Crippen molar-refractivity contribution in [3.8, 4) is 22.6 Å². The standard InChI is InChI=1S/C34H26O2/c35-31-17-13-27-21-25(19-23-7-3-1-4-8-23)11-15-29(27)33(31)34-30-16-12-26(20-24-9-5-2-6-10-24)22-28(30)14-18-32(34)36/h1-18,21-22,35-36H,19-20H2. The second-order valence-corrected chi connectivity index (χ2v) is 9.36. The Morgan fingerprint density at radius 1 is 0.389 bits per heavy atom. The zero-order valence-electron chi connectivity index (χ0n) is 19.9. The third kappa shape index (κ3) is 4.18. The van der Waals surface area contributed by atoms with E-state index in [2.05, 4.69) is 84.9 Å². The third-order valence-corrected chi connectivity index (χ3v) is 6.88. The molecule has 0 aromatic heterocycles. The zero-order valence-corrected chi connectivity index (χ0v) is 19.9. The van der Waals surface area contributed by atoms with Gasteiger partial charge in [0.1, 0.15) is 11.5 Å². The van der Waals surface area contributed by atoms with Crippen molar-refractivity contribution in [1.29, 1.82) is 0 Å². The number of hydrogen-bond donors (Lipinski definition) is 2. The lowest BCUT2D eigenvalue weighted by Gasteiger charge is -2.15. The summed E-state index contributed by atoms with van der Waals surface area (Å²) < 4.78 is 0. The van der Waals surface area contributed by atoms with Crippen LogP contribution in [0.25, 0.3) is 32.7 Å². The van der Waals surface area contributed by atoms with Crippen LogP contribution in [0.5, 0.6) is 11.5 Å². The Morgan fingerprint density at radius 2 is 0.806 bits per heavy atom. The van der Waals surface area contributed by atoms with Gasteiger partial charge in [0, 0.05) is 11.1 Å². The van der Waals surface area contributed by atoms with Gasteiger partial charge in [0.2, 0.25) is 0 Å². The number of phenols is 2. The molecule has 0 saturated heterocycles. The number of aromatic hydroxyl groups is 2. The molecule has 6 rings (SSSR count). The van der Waals surface area contributed by atoms with Gasteiger partial charge in [-0.15, -0.1) is 0 Å². The molecule has 0 aliphatic rings. The minimum absolute atomic E-state index is 0.162. The fourth-order valence-electron chi connectivity index (χ4n) is 5.14. The molecule has 36 heavy (non-hydrogen) atoms. The van der Waals surface area contributed by atoms with Gasteiger partial charge in [0.15, 0.2) is 0 Å². The molecule has 2 heteroatoms. The van der Waals surface area contributed by atoms with Crippen LogP contribution < -0.4 is 0 Å². The van der Waals surface area contributed by atoms with Gasteiger partial charge in [0.05, 0.1) is 0 Å². The summed E-state index contributed by atoms with van der Waals surface area (Å²) in [5, 5.41) is 25.9. The van der Waals surface area contributed by atoms with Crippen molar-refractivity contribution >= 4 is 21.5 Å². The van der Waals surface area contributed by atoms with E-state index in [9.17, 15) is 10.2 Å². The molecule has 0 amide bonds. The molecule has 0 aliphatic carbocycles. The fourth-order valence-corrected chi connectivity index (χ4v) is 5.14. The first-order valence-corrected chi connectivity index (χ1v) is 12.2. The second kappa shape index (κ2) is 9.24. The SMILES string of the molecule is Oc1ccc2cc(Cc3ccccc3)ccc2c1-c1c(O)ccc2cc(Cc3ccccc3)ccc12. The maximum atomic E-state index is 11.0. The number of benzene rings is 6. The molecular formula is C34H26O2. The number of hydrogen-bond acceptors (Lipinski definition) is 2. The predicted octanol–water partition coefficient (Wildman–Crippen LogP) is 8.25. The lowest BCUT2D eigenvalue weighted by Crippen LogP contribution is -1.92. The Morgan fingerprint density at radius 3 is 1.22 bits per heavy atom. The molecule has 0 aliphatic heterocycles. The topological polar surface area (TPSA) is 40.5 Å². The minimum Gasteiger partial charge on any atom is -0.507 e. The van der Waals surface area contributed by atoms with Crippen LogP contribution >= 0.6 is 0 Å². The van der Waals surface area contributed by atoms with Crippen LogP contribution in [0.2, 0.25) is 0 Å². The molecule has 174 valence electrons. The maximum Gasteiger partial charge on any atom is 0.124 e. The van der Waals surface area contributed by atoms with Crippen LogP contribution in [0, 0.1) is 0 Å². The van der Waals surface area contributed by atoms with Gasteiger partial charge in [-0.2, -0.15) is 0 Å². The first-order valence-electron chi connectivity index (χ1n) is 12.2. The van der Waals surface area contributed by atoms with Crippen molar-refractivity contribution in [3.63, 3.8) is 0 Å². The van der Waals surface area contributed by atoms with Crippen molar-refractivity contribution in [2.45, 2.75) is 12.8 Å². The van der Waals surface area contributed by atoms with Crippen molar-refractivity contribution < 1.29 is 10.2 Å². The Balaban J connectivity index is 1.45. The van der Waals surface area contributed by atoms with Crippen LogP contribution in [0.3, 0.4) is 0 Å². The second-order valence-electron chi connectivity index (χ2n) is 9.36. The van der Waals surface area contributed by atoms with Crippen molar-refractivity contribution in [1.82, 2.24) is 0 Å². The van der Waals surface area contributed by atoms with E-state index in [-0.39, 0.29) is 11.5 Å². The Bertz CT molecular complexity index is 1560. The molecular weight excluding hydrogens is 440 g/mol. The third-order valence-electron chi connectivity index (χ3n) is 6.88. The van der Waals surface area contributed by atoms with Gasteiger partial charge in [-0.1, -0.05) is 109 Å². The molecule has 0 radical (unpaired) electrons. The van der Waals surface area contributed by atoms with Crippen LogP contribution in [0.15, 0.2) is 121 Å². The summed E-state index contributed by atoms with van der Waals surface area (Å²) >= 11 is 0. The molecule has 0 heterocycles. The fraction of sp³-hybridized carbons (Fsp3) is 0.0588. The summed E-state index contributed by atoms with van der Waals surface area (Å²) in [6.45, 7) is 0. The predicted molar refractivity (Wildman–Crippen MR) is 149 cm³/mol. The van der Waals surface area contributed by atoms with Crippen LogP contribution in [-0.2, 0) is 12.8 Å². The van der Waals surface area contributed by atoms with Gasteiger partial charge in [-0.05, 0) is 68.8 Å². The van der Waals surface area contributed by atoms with Crippen molar-refractivity contribution in [2.75, 3.05) is 0 Å². The van der Waals surface area contributed by atoms with Crippen LogP contribution in [0.1, 0.15) is 22.3 Å². The smallest absolute Gasteiger partial charge is 0.124 e. The number of phenolic OH excluding ortho intramolecular Hbond substituents is 2. The molecule has 0 fully saturated rings. The maximum absolute atomic E-state index is 11.0. The van der Waals surface area contributed by atoms with E-state index in [0.717, 1.165) is 34.4 Å². The first-order chi connectivity index (χ1) is 17.7. The molecule has 0 saturated carbocycles. The van der Waals surface area contributed by atoms with Gasteiger partial charge >= 0.3 is 0 Å². The summed E-state index contributed by atoms with van der Waals surface area (Å²) in [5.74, 6) is 0.323. The summed E-state index contributed by atoms with van der Waals surface area (Å²) in [5.41, 5.74) is 6.26. The number of rotatable bonds is 5. The lowest BCUT2D eigenvalue weighted by molar-refractivity contribution is 0.470. The Labute approximate surface area is 210 Å². The summed E-state index contributed by atoms with van der Waals surface area (Å²) in [6, 6.07) is 40.8. The van der Waals surface area contributed by atoms with E-state index in [4.69, 9.17) is 0 Å². The number of fused-ring (bicyclic) bond motifs is 2. The highest BCUT2D eigenvalue weighted by atomic mass is 16.3. The highest BCUT2D eigenvalue weighted by molar-refractivity contribution is 6.09. The summed E-state index contributed by atoms with van der Waals surface area (Å²) in [7, 11) is 0. The highest BCUT2D eigenvalue weighted by Crippen LogP contribution is 2.45. The zero-order chi connectivity index (χ0) is 24.5. The van der Waals surface area contributed by atoms with E-state index in [1.165, 1.54) is 22.3 Å². The van der Waals surface area contributed by atoms with E-state index < -0.39 is 0 Å². The molecule has 6 aromatic rings. The molecule has 0 unspecified atom stereocenters. The van der Waals surface area contributed by atoms with E-state index >= 15 is 0 Å². The normalized spacial score (nSPS) is 11.2. The molecule has 2 N–H and O–H groups in total. The van der Waals surface area contributed by atoms with Crippen molar-refractivity contribution in [3.05, 3.63) is 144 Å². The Kier molecular flexibility index (Phi) is 5.63. The monoisotopic (exact) mass is 466 g/mol. The summed E-state index contributed by atoms with van der Waals surface area (Å²) in [6.07, 6.45) is 1.69. The molecule has 0 spiro atoms. The molecule has 0 atom stereocenters. The average molecular weight is 467 g/mol. The Hall–Kier alpha value is -4.56. The van der Waals surface area contributed by atoms with Crippen molar-refractivity contribution in [2.24, 2.45) is 0 Å². The minimum atomic E-state index is 0.162. The van der Waals surface area contributed by atoms with Gasteiger partial charge in [0.25, 0.3) is 0 Å². The molecule has 6 aromatic carbocycles. The van der Waals surface area contributed by atoms with Gasteiger partial charge in [-0.25, -0.2) is 0 Å². The van der Waals surface area contributed by atoms with E-state index in [1.54, 1.807) is 12.1 Å². The quantitative estimate of drug-likeness (QED) is 0.268. The van der Waals surface area contributed by atoms with Gasteiger partial charge in [-0.3, -0.25) is 0 Å². The first kappa shape index (κ1) is 21.9. The molecule has 2 nitrogen and oxygen atoms in total. The highest BCUT2D eigenvalue weighted by Gasteiger charge is 2.17. The van der Waals surface area contributed by atoms with Crippen LogP contribution in [-0.4, -0.2) is 10.2 Å². The summed E-state index contributed by atoms with van der Waals surface area (Å²) in [4.78, 5) is 0.